The number of rotatable bonds is 3. The topological polar surface area (TPSA) is 51.2 Å². The van der Waals surface area contributed by atoms with Crippen LogP contribution in [0.3, 0.4) is 0 Å². The van der Waals surface area contributed by atoms with Crippen molar-refractivity contribution in [1.29, 1.82) is 0 Å². The highest BCUT2D eigenvalue weighted by Crippen LogP contribution is 2.32. The predicted molar refractivity (Wildman–Crippen MR) is 84.2 cm³/mol. The van der Waals surface area contributed by atoms with Gasteiger partial charge in [-0.2, -0.15) is 0 Å². The van der Waals surface area contributed by atoms with Gasteiger partial charge in [0.05, 0.1) is 4.47 Å². The van der Waals surface area contributed by atoms with Gasteiger partial charge in [0.25, 0.3) is 0 Å². The number of aryl methyl sites for hydroxylation is 1. The van der Waals surface area contributed by atoms with E-state index in [0.29, 0.717) is 5.76 Å². The van der Waals surface area contributed by atoms with E-state index in [9.17, 15) is 4.39 Å². The van der Waals surface area contributed by atoms with Gasteiger partial charge in [0.15, 0.2) is 0 Å². The maximum atomic E-state index is 13.3. The molecule has 3 N–H and O–H groups in total. The number of fused-ring (bicyclic) bond motifs is 1. The van der Waals surface area contributed by atoms with E-state index in [2.05, 4.69) is 21.4 Å². The number of furan rings is 1. The van der Waals surface area contributed by atoms with E-state index in [1.807, 2.05) is 31.2 Å². The van der Waals surface area contributed by atoms with Crippen LogP contribution < -0.4 is 11.3 Å². The Bertz CT molecular complexity index is 800. The molecule has 0 bridgehead atoms. The Balaban J connectivity index is 2.11. The molecule has 0 fully saturated rings. The number of hydrazine groups is 1. The molecule has 0 radical (unpaired) electrons. The maximum Gasteiger partial charge on any atom is 0.148 e. The zero-order valence-electron chi connectivity index (χ0n) is 11.4. The molecule has 0 aliphatic heterocycles. The van der Waals surface area contributed by atoms with Gasteiger partial charge in [-0.1, -0.05) is 18.2 Å². The van der Waals surface area contributed by atoms with Crippen LogP contribution in [0.5, 0.6) is 0 Å². The van der Waals surface area contributed by atoms with E-state index >= 15 is 0 Å². The van der Waals surface area contributed by atoms with Gasteiger partial charge in [0.2, 0.25) is 0 Å². The Morgan fingerprint density at radius 1 is 1.24 bits per heavy atom. The van der Waals surface area contributed by atoms with E-state index in [4.69, 9.17) is 10.3 Å². The summed E-state index contributed by atoms with van der Waals surface area (Å²) in [6, 6.07) is 12.1. The van der Waals surface area contributed by atoms with Crippen molar-refractivity contribution >= 4 is 26.9 Å². The van der Waals surface area contributed by atoms with Crippen LogP contribution in [0.2, 0.25) is 0 Å². The number of para-hydroxylation sites is 1. The second-order valence-corrected chi connectivity index (χ2v) is 5.76. The van der Waals surface area contributed by atoms with Crippen molar-refractivity contribution in [2.45, 2.75) is 13.0 Å². The molecule has 1 unspecified atom stereocenters. The van der Waals surface area contributed by atoms with Gasteiger partial charge in [0.1, 0.15) is 23.2 Å². The van der Waals surface area contributed by atoms with Crippen molar-refractivity contribution in [3.63, 3.8) is 0 Å². The SMILES string of the molecule is Cc1cc(F)ccc1C(NN)c1cc2cccc(Br)c2o1. The lowest BCUT2D eigenvalue weighted by atomic mass is 9.99. The summed E-state index contributed by atoms with van der Waals surface area (Å²) in [6.07, 6.45) is 0. The van der Waals surface area contributed by atoms with Crippen molar-refractivity contribution < 1.29 is 8.81 Å². The number of hydrogen-bond donors (Lipinski definition) is 2. The van der Waals surface area contributed by atoms with Crippen molar-refractivity contribution in [3.05, 3.63) is 69.6 Å². The minimum absolute atomic E-state index is 0.264. The second-order valence-electron chi connectivity index (χ2n) is 4.91. The lowest BCUT2D eigenvalue weighted by molar-refractivity contribution is 0.475. The van der Waals surface area contributed by atoms with E-state index in [1.54, 1.807) is 6.07 Å². The summed E-state index contributed by atoms with van der Waals surface area (Å²) in [5.74, 6) is 6.11. The van der Waals surface area contributed by atoms with Crippen LogP contribution in [0.4, 0.5) is 4.39 Å². The number of nitrogens with one attached hydrogen (secondary N) is 1. The van der Waals surface area contributed by atoms with Gasteiger partial charge in [0, 0.05) is 5.39 Å². The van der Waals surface area contributed by atoms with Gasteiger partial charge in [-0.15, -0.1) is 0 Å². The summed E-state index contributed by atoms with van der Waals surface area (Å²) < 4.78 is 20.1. The van der Waals surface area contributed by atoms with Crippen molar-refractivity contribution in [3.8, 4) is 0 Å². The fourth-order valence-corrected chi connectivity index (χ4v) is 2.94. The molecule has 0 aliphatic rings. The van der Waals surface area contributed by atoms with Crippen LogP contribution in [0.25, 0.3) is 11.0 Å². The highest BCUT2D eigenvalue weighted by atomic mass is 79.9. The molecule has 0 spiro atoms. The fourth-order valence-electron chi connectivity index (χ4n) is 2.48. The molecule has 0 amide bonds. The van der Waals surface area contributed by atoms with Crippen LogP contribution >= 0.6 is 15.9 Å². The Morgan fingerprint density at radius 3 is 2.71 bits per heavy atom. The molecule has 21 heavy (non-hydrogen) atoms. The van der Waals surface area contributed by atoms with Crippen molar-refractivity contribution in [2.24, 2.45) is 5.84 Å². The third-order valence-corrected chi connectivity index (χ3v) is 4.13. The molecule has 0 aliphatic carbocycles. The molecular formula is C16H14BrFN2O. The largest absolute Gasteiger partial charge is 0.458 e. The summed E-state index contributed by atoms with van der Waals surface area (Å²) in [6.45, 7) is 1.85. The molecule has 2 aromatic carbocycles. The summed E-state index contributed by atoms with van der Waals surface area (Å²) in [7, 11) is 0. The highest BCUT2D eigenvalue weighted by molar-refractivity contribution is 9.10. The average molecular weight is 349 g/mol. The quantitative estimate of drug-likeness (QED) is 0.551. The van der Waals surface area contributed by atoms with Crippen LogP contribution in [-0.4, -0.2) is 0 Å². The first kappa shape index (κ1) is 14.3. The van der Waals surface area contributed by atoms with Crippen molar-refractivity contribution in [1.82, 2.24) is 5.43 Å². The molecule has 108 valence electrons. The number of benzene rings is 2. The summed E-state index contributed by atoms with van der Waals surface area (Å²) in [5, 5.41) is 0.986. The number of halogens is 2. The smallest absolute Gasteiger partial charge is 0.148 e. The molecule has 0 saturated heterocycles. The monoisotopic (exact) mass is 348 g/mol. The fraction of sp³-hybridized carbons (Fsp3) is 0.125. The molecule has 3 aromatic rings. The lowest BCUT2D eigenvalue weighted by Gasteiger charge is -2.16. The van der Waals surface area contributed by atoms with Gasteiger partial charge >= 0.3 is 0 Å². The van der Waals surface area contributed by atoms with E-state index in [0.717, 1.165) is 26.6 Å². The normalized spacial score (nSPS) is 12.8. The Hall–Kier alpha value is -1.69. The first-order valence-electron chi connectivity index (χ1n) is 6.50. The molecule has 1 atom stereocenters. The van der Waals surface area contributed by atoms with Gasteiger partial charge in [-0.05, 0) is 58.2 Å². The Morgan fingerprint density at radius 2 is 2.05 bits per heavy atom. The average Bonchev–Trinajstić information content (AvgIpc) is 2.87. The zero-order chi connectivity index (χ0) is 15.0. The molecule has 0 saturated carbocycles. The van der Waals surface area contributed by atoms with Gasteiger partial charge < -0.3 is 4.42 Å². The van der Waals surface area contributed by atoms with E-state index in [1.165, 1.54) is 12.1 Å². The standard InChI is InChI=1S/C16H14BrFN2O/c1-9-7-11(18)5-6-12(9)15(20-19)14-8-10-3-2-4-13(17)16(10)21-14/h2-8,15,20H,19H2,1H3. The van der Waals surface area contributed by atoms with Crippen LogP contribution in [-0.2, 0) is 0 Å². The molecule has 5 heteroatoms. The number of nitrogens with two attached hydrogens (primary N) is 1. The van der Waals surface area contributed by atoms with Gasteiger partial charge in [-0.3, -0.25) is 5.84 Å². The molecule has 1 aromatic heterocycles. The number of hydrogen-bond acceptors (Lipinski definition) is 3. The minimum atomic E-state index is -0.329. The molecule has 3 rings (SSSR count). The maximum absolute atomic E-state index is 13.3. The minimum Gasteiger partial charge on any atom is -0.458 e. The molecule has 1 heterocycles. The van der Waals surface area contributed by atoms with Crippen LogP contribution in [0, 0.1) is 12.7 Å². The van der Waals surface area contributed by atoms with E-state index < -0.39 is 0 Å². The zero-order valence-corrected chi connectivity index (χ0v) is 12.9. The highest BCUT2D eigenvalue weighted by Gasteiger charge is 2.20. The van der Waals surface area contributed by atoms with Crippen LogP contribution in [0.1, 0.15) is 22.9 Å². The first-order valence-corrected chi connectivity index (χ1v) is 7.29. The third-order valence-electron chi connectivity index (χ3n) is 3.51. The Labute approximate surface area is 130 Å². The molecule has 3 nitrogen and oxygen atoms in total. The third kappa shape index (κ3) is 2.60. The summed E-state index contributed by atoms with van der Waals surface area (Å²) in [5.41, 5.74) is 5.22. The Kier molecular flexibility index (Phi) is 3.80. The lowest BCUT2D eigenvalue weighted by Crippen LogP contribution is -2.29. The second kappa shape index (κ2) is 5.60. The predicted octanol–water partition coefficient (Wildman–Crippen LogP) is 4.20. The van der Waals surface area contributed by atoms with Gasteiger partial charge in [-0.25, -0.2) is 9.82 Å². The molecular weight excluding hydrogens is 335 g/mol. The van der Waals surface area contributed by atoms with Crippen LogP contribution in [0.15, 0.2) is 51.4 Å². The summed E-state index contributed by atoms with van der Waals surface area (Å²) >= 11 is 3.47. The van der Waals surface area contributed by atoms with Crippen molar-refractivity contribution in [2.75, 3.05) is 0 Å². The first-order chi connectivity index (χ1) is 10.1. The van der Waals surface area contributed by atoms with E-state index in [-0.39, 0.29) is 11.9 Å². The summed E-state index contributed by atoms with van der Waals surface area (Å²) in [4.78, 5) is 0.